The van der Waals surface area contributed by atoms with E-state index in [2.05, 4.69) is 17.1 Å². The summed E-state index contributed by atoms with van der Waals surface area (Å²) in [5.74, 6) is 0.524. The van der Waals surface area contributed by atoms with Gasteiger partial charge in [-0.25, -0.2) is 8.42 Å². The molecule has 2 fully saturated rings. The fourth-order valence-electron chi connectivity index (χ4n) is 4.30. The predicted octanol–water partition coefficient (Wildman–Crippen LogP) is 3.19. The van der Waals surface area contributed by atoms with Gasteiger partial charge < -0.3 is 10.1 Å². The zero-order valence-electron chi connectivity index (χ0n) is 18.5. The van der Waals surface area contributed by atoms with Gasteiger partial charge in [-0.05, 0) is 67.3 Å². The van der Waals surface area contributed by atoms with Crippen molar-refractivity contribution in [1.82, 2.24) is 9.21 Å². The van der Waals surface area contributed by atoms with Crippen LogP contribution < -0.4 is 5.32 Å². The minimum absolute atomic E-state index is 0.216. The zero-order valence-corrected chi connectivity index (χ0v) is 19.3. The summed E-state index contributed by atoms with van der Waals surface area (Å²) in [5.41, 5.74) is 2.33. The van der Waals surface area contributed by atoms with Crippen LogP contribution in [0, 0.1) is 5.92 Å². The van der Waals surface area contributed by atoms with Gasteiger partial charge in [0.25, 0.3) is 5.91 Å². The molecule has 2 aromatic rings. The predicted molar refractivity (Wildman–Crippen MR) is 124 cm³/mol. The summed E-state index contributed by atoms with van der Waals surface area (Å²) in [6, 6.07) is 14.0. The molecule has 0 saturated carbocycles. The number of hydrogen-bond acceptors (Lipinski definition) is 5. The van der Waals surface area contributed by atoms with E-state index in [4.69, 9.17) is 4.74 Å². The second-order valence-electron chi connectivity index (χ2n) is 8.67. The highest BCUT2D eigenvalue weighted by molar-refractivity contribution is 7.89. The van der Waals surface area contributed by atoms with Crippen LogP contribution in [0.4, 0.5) is 5.69 Å². The number of sulfonamides is 1. The molecule has 0 unspecified atom stereocenters. The lowest BCUT2D eigenvalue weighted by Crippen LogP contribution is -2.40. The van der Waals surface area contributed by atoms with E-state index in [9.17, 15) is 13.2 Å². The first-order chi connectivity index (χ1) is 15.4. The molecule has 2 heterocycles. The van der Waals surface area contributed by atoms with Crippen molar-refractivity contribution in [2.75, 3.05) is 44.7 Å². The molecular weight excluding hydrogens is 426 g/mol. The quantitative estimate of drug-likeness (QED) is 0.721. The van der Waals surface area contributed by atoms with E-state index >= 15 is 0 Å². The van der Waals surface area contributed by atoms with Gasteiger partial charge in [-0.2, -0.15) is 4.31 Å². The third-order valence-corrected chi connectivity index (χ3v) is 8.00. The first-order valence-electron chi connectivity index (χ1n) is 11.2. The molecule has 1 N–H and O–H groups in total. The molecule has 0 aromatic heterocycles. The molecule has 2 aromatic carbocycles. The molecule has 0 aliphatic carbocycles. The summed E-state index contributed by atoms with van der Waals surface area (Å²) in [6.07, 6.45) is 2.55. The first-order valence-corrected chi connectivity index (χ1v) is 12.7. The van der Waals surface area contributed by atoms with Crippen LogP contribution in [0.5, 0.6) is 0 Å². The van der Waals surface area contributed by atoms with Gasteiger partial charge in [0.05, 0.1) is 18.1 Å². The van der Waals surface area contributed by atoms with Crippen LogP contribution in [0.25, 0.3) is 0 Å². The highest BCUT2D eigenvalue weighted by atomic mass is 32.2. The highest BCUT2D eigenvalue weighted by Crippen LogP contribution is 2.21. The van der Waals surface area contributed by atoms with Gasteiger partial charge in [0, 0.05) is 37.4 Å². The van der Waals surface area contributed by atoms with Gasteiger partial charge in [0.1, 0.15) is 0 Å². The van der Waals surface area contributed by atoms with Crippen LogP contribution in [-0.2, 0) is 21.3 Å². The molecule has 7 nitrogen and oxygen atoms in total. The SMILES string of the molecule is C[C@H]1CCCN(Cc2ccc(C(=O)Nc3ccc(S(=O)(=O)N4CCOCC4)cc3)cc2)C1. The summed E-state index contributed by atoms with van der Waals surface area (Å²) >= 11 is 0. The molecule has 172 valence electrons. The van der Waals surface area contributed by atoms with Crippen LogP contribution in [0.3, 0.4) is 0 Å². The Morgan fingerprint density at radius 3 is 2.38 bits per heavy atom. The van der Waals surface area contributed by atoms with Gasteiger partial charge in [-0.1, -0.05) is 19.1 Å². The number of carbonyl (C=O) groups excluding carboxylic acids is 1. The van der Waals surface area contributed by atoms with Crippen molar-refractivity contribution in [3.05, 3.63) is 59.7 Å². The molecule has 0 bridgehead atoms. The standard InChI is InChI=1S/C24H31N3O4S/c1-19-3-2-12-26(17-19)18-20-4-6-21(7-5-20)24(28)25-22-8-10-23(11-9-22)32(29,30)27-13-15-31-16-14-27/h4-11,19H,2-3,12-18H2,1H3,(H,25,28)/t19-/m0/s1. The Balaban J connectivity index is 1.35. The van der Waals surface area contributed by atoms with Crippen LogP contribution >= 0.6 is 0 Å². The minimum Gasteiger partial charge on any atom is -0.379 e. The maximum absolute atomic E-state index is 12.7. The first kappa shape index (κ1) is 22.9. The molecule has 2 saturated heterocycles. The number of nitrogens with one attached hydrogen (secondary N) is 1. The molecule has 0 radical (unpaired) electrons. The Kier molecular flexibility index (Phi) is 7.25. The number of amides is 1. The van der Waals surface area contributed by atoms with Gasteiger partial charge >= 0.3 is 0 Å². The van der Waals surface area contributed by atoms with Crippen molar-refractivity contribution in [1.29, 1.82) is 0 Å². The molecule has 2 aliphatic heterocycles. The molecule has 2 aliphatic rings. The smallest absolute Gasteiger partial charge is 0.255 e. The number of rotatable bonds is 6. The lowest BCUT2D eigenvalue weighted by Gasteiger charge is -2.30. The Hall–Kier alpha value is -2.26. The van der Waals surface area contributed by atoms with E-state index in [1.807, 2.05) is 24.3 Å². The summed E-state index contributed by atoms with van der Waals surface area (Å²) < 4.78 is 32.1. The average molecular weight is 458 g/mol. The fraction of sp³-hybridized carbons (Fsp3) is 0.458. The van der Waals surface area contributed by atoms with Crippen molar-refractivity contribution < 1.29 is 17.9 Å². The van der Waals surface area contributed by atoms with Gasteiger partial charge in [-0.15, -0.1) is 0 Å². The Morgan fingerprint density at radius 2 is 1.72 bits per heavy atom. The van der Waals surface area contributed by atoms with Crippen molar-refractivity contribution in [3.63, 3.8) is 0 Å². The van der Waals surface area contributed by atoms with Crippen molar-refractivity contribution in [3.8, 4) is 0 Å². The molecule has 1 amide bonds. The van der Waals surface area contributed by atoms with Gasteiger partial charge in [0.15, 0.2) is 0 Å². The van der Waals surface area contributed by atoms with E-state index in [1.165, 1.54) is 34.8 Å². The average Bonchev–Trinajstić information content (AvgIpc) is 2.80. The number of likely N-dealkylation sites (tertiary alicyclic amines) is 1. The van der Waals surface area contributed by atoms with Gasteiger partial charge in [0.2, 0.25) is 10.0 Å². The maximum Gasteiger partial charge on any atom is 0.255 e. The summed E-state index contributed by atoms with van der Waals surface area (Å²) in [7, 11) is -3.54. The number of morpholine rings is 1. The maximum atomic E-state index is 12.7. The topological polar surface area (TPSA) is 79.0 Å². The summed E-state index contributed by atoms with van der Waals surface area (Å²) in [4.78, 5) is 15.3. The number of nitrogens with zero attached hydrogens (tertiary/aromatic N) is 2. The number of piperidine rings is 1. The Labute approximate surface area is 190 Å². The number of hydrogen-bond donors (Lipinski definition) is 1. The van der Waals surface area contributed by atoms with E-state index < -0.39 is 10.0 Å². The van der Waals surface area contributed by atoms with Crippen molar-refractivity contribution in [2.24, 2.45) is 5.92 Å². The monoisotopic (exact) mass is 457 g/mol. The summed E-state index contributed by atoms with van der Waals surface area (Å²) in [6.45, 7) is 6.98. The lowest BCUT2D eigenvalue weighted by molar-refractivity contribution is 0.0730. The molecular formula is C24H31N3O4S. The Bertz CT molecular complexity index is 1020. The van der Waals surface area contributed by atoms with Crippen molar-refractivity contribution >= 4 is 21.6 Å². The zero-order chi connectivity index (χ0) is 22.6. The van der Waals surface area contributed by atoms with E-state index in [-0.39, 0.29) is 10.8 Å². The molecule has 4 rings (SSSR count). The van der Waals surface area contributed by atoms with Crippen LogP contribution in [0.1, 0.15) is 35.7 Å². The number of benzene rings is 2. The largest absolute Gasteiger partial charge is 0.379 e. The van der Waals surface area contributed by atoms with Crippen LogP contribution in [-0.4, -0.2) is 62.9 Å². The van der Waals surface area contributed by atoms with E-state index in [1.54, 1.807) is 12.1 Å². The summed E-state index contributed by atoms with van der Waals surface area (Å²) in [5, 5.41) is 2.85. The lowest BCUT2D eigenvalue weighted by atomic mass is 9.99. The highest BCUT2D eigenvalue weighted by Gasteiger charge is 2.26. The van der Waals surface area contributed by atoms with E-state index in [0.717, 1.165) is 25.6 Å². The van der Waals surface area contributed by atoms with Gasteiger partial charge in [-0.3, -0.25) is 9.69 Å². The number of anilines is 1. The van der Waals surface area contributed by atoms with Crippen LogP contribution in [0.15, 0.2) is 53.4 Å². The molecule has 8 heteroatoms. The second-order valence-corrected chi connectivity index (χ2v) is 10.6. The fourth-order valence-corrected chi connectivity index (χ4v) is 5.71. The van der Waals surface area contributed by atoms with Crippen molar-refractivity contribution in [2.45, 2.75) is 31.2 Å². The number of ether oxygens (including phenoxy) is 1. The van der Waals surface area contributed by atoms with E-state index in [0.29, 0.717) is 37.6 Å². The second kappa shape index (κ2) is 10.1. The van der Waals surface area contributed by atoms with Crippen LogP contribution in [0.2, 0.25) is 0 Å². The third-order valence-electron chi connectivity index (χ3n) is 6.08. The molecule has 32 heavy (non-hydrogen) atoms. The Morgan fingerprint density at radius 1 is 1.03 bits per heavy atom. The molecule has 0 spiro atoms. The number of carbonyl (C=O) groups is 1. The normalized spacial score (nSPS) is 20.7. The third kappa shape index (κ3) is 5.56. The minimum atomic E-state index is -3.54. The molecule has 1 atom stereocenters.